The fraction of sp³-hybridized carbons (Fsp3) is 0.391. The van der Waals surface area contributed by atoms with Gasteiger partial charge in [0.2, 0.25) is 5.89 Å². The van der Waals surface area contributed by atoms with Crippen molar-refractivity contribution in [3.63, 3.8) is 0 Å². The third-order valence-corrected chi connectivity index (χ3v) is 5.46. The van der Waals surface area contributed by atoms with Crippen LogP contribution in [0.4, 0.5) is 5.82 Å². The normalized spacial score (nSPS) is 12.4. The summed E-state index contributed by atoms with van der Waals surface area (Å²) >= 11 is 0. The Morgan fingerprint density at radius 2 is 1.74 bits per heavy atom. The van der Waals surface area contributed by atoms with Gasteiger partial charge in [-0.15, -0.1) is 0 Å². The van der Waals surface area contributed by atoms with Crippen LogP contribution in [0.25, 0.3) is 16.8 Å². The van der Waals surface area contributed by atoms with Gasteiger partial charge in [-0.05, 0) is 69.9 Å². The first-order valence-electron chi connectivity index (χ1n) is 10.4. The Morgan fingerprint density at radius 3 is 2.32 bits per heavy atom. The number of methoxy groups -OCH3 is 1. The van der Waals surface area contributed by atoms with Crippen molar-refractivity contribution < 1.29 is 9.26 Å². The Kier molecular flexibility index (Phi) is 5.39. The first kappa shape index (κ1) is 20.8. The zero-order chi connectivity index (χ0) is 22.3. The van der Waals surface area contributed by atoms with Gasteiger partial charge < -0.3 is 14.6 Å². The van der Waals surface area contributed by atoms with Crippen LogP contribution in [0, 0.1) is 34.6 Å². The zero-order valence-corrected chi connectivity index (χ0v) is 19.1. The highest BCUT2D eigenvalue weighted by atomic mass is 16.5. The molecular weight excluding hydrogens is 392 g/mol. The van der Waals surface area contributed by atoms with Crippen LogP contribution in [0.1, 0.15) is 53.6 Å². The van der Waals surface area contributed by atoms with E-state index in [-0.39, 0.29) is 6.04 Å². The van der Waals surface area contributed by atoms with E-state index in [4.69, 9.17) is 19.3 Å². The van der Waals surface area contributed by atoms with E-state index in [2.05, 4.69) is 36.2 Å². The smallest absolute Gasteiger partial charge is 0.249 e. The second-order valence-corrected chi connectivity index (χ2v) is 7.90. The van der Waals surface area contributed by atoms with Gasteiger partial charge >= 0.3 is 0 Å². The van der Waals surface area contributed by atoms with Crippen molar-refractivity contribution in [3.8, 4) is 16.9 Å². The third-order valence-electron chi connectivity index (χ3n) is 5.46. The molecule has 31 heavy (non-hydrogen) atoms. The van der Waals surface area contributed by atoms with Crippen LogP contribution >= 0.6 is 0 Å². The summed E-state index contributed by atoms with van der Waals surface area (Å²) in [6, 6.07) is 5.96. The molecule has 0 bridgehead atoms. The van der Waals surface area contributed by atoms with Gasteiger partial charge in [0.15, 0.2) is 11.5 Å². The maximum Gasteiger partial charge on any atom is 0.249 e. The van der Waals surface area contributed by atoms with Gasteiger partial charge in [-0.3, -0.25) is 0 Å². The molecule has 1 N–H and O–H groups in total. The van der Waals surface area contributed by atoms with Gasteiger partial charge in [0.1, 0.15) is 17.6 Å². The number of nitrogens with one attached hydrogen (secondary N) is 1. The average Bonchev–Trinajstić information content (AvgIpc) is 3.29. The Labute approximate surface area is 181 Å². The summed E-state index contributed by atoms with van der Waals surface area (Å²) in [6.07, 6.45) is 0.786. The molecule has 0 aliphatic rings. The van der Waals surface area contributed by atoms with E-state index in [1.54, 1.807) is 7.11 Å². The highest BCUT2D eigenvalue weighted by Gasteiger charge is 2.22. The SMILES string of the molecule is CC[C@H](Nc1cc(C)nc2c(-c3c(C)cc(OC)cc3C)c(C)nn12)c1nc(C)no1. The molecule has 4 aromatic rings. The van der Waals surface area contributed by atoms with Gasteiger partial charge in [0.25, 0.3) is 0 Å². The van der Waals surface area contributed by atoms with Crippen molar-refractivity contribution in [1.29, 1.82) is 0 Å². The molecule has 3 heterocycles. The van der Waals surface area contributed by atoms with Crippen molar-refractivity contribution in [2.75, 3.05) is 12.4 Å². The van der Waals surface area contributed by atoms with E-state index in [1.807, 2.05) is 43.5 Å². The molecule has 8 heteroatoms. The van der Waals surface area contributed by atoms with Gasteiger partial charge in [-0.2, -0.15) is 14.6 Å². The summed E-state index contributed by atoms with van der Waals surface area (Å²) in [4.78, 5) is 9.24. The fourth-order valence-electron chi connectivity index (χ4n) is 4.05. The van der Waals surface area contributed by atoms with E-state index in [0.29, 0.717) is 11.7 Å². The van der Waals surface area contributed by atoms with Crippen LogP contribution in [0.3, 0.4) is 0 Å². The van der Waals surface area contributed by atoms with Gasteiger partial charge in [0.05, 0.1) is 18.4 Å². The highest BCUT2D eigenvalue weighted by molar-refractivity contribution is 5.85. The molecule has 3 aromatic heterocycles. The standard InChI is InChI=1S/C23H28N6O2/c1-8-18(23-25-16(6)28-31-23)26-19-11-14(4)24-22-21(15(5)27-29(19)22)20-12(2)9-17(30-7)10-13(20)3/h9-11,18,26H,8H2,1-7H3/t18-/m0/s1. The summed E-state index contributed by atoms with van der Waals surface area (Å²) < 4.78 is 12.7. The number of aryl methyl sites for hydroxylation is 5. The number of hydrogen-bond donors (Lipinski definition) is 1. The molecule has 1 aromatic carbocycles. The number of hydrogen-bond acceptors (Lipinski definition) is 7. The van der Waals surface area contributed by atoms with E-state index in [9.17, 15) is 0 Å². The summed E-state index contributed by atoms with van der Waals surface area (Å²) in [6.45, 7) is 12.1. The van der Waals surface area contributed by atoms with Crippen molar-refractivity contribution in [2.24, 2.45) is 0 Å². The largest absolute Gasteiger partial charge is 0.497 e. The molecule has 0 amide bonds. The molecule has 0 unspecified atom stereocenters. The van der Waals surface area contributed by atoms with E-state index >= 15 is 0 Å². The fourth-order valence-corrected chi connectivity index (χ4v) is 4.05. The number of fused-ring (bicyclic) bond motifs is 1. The number of rotatable bonds is 6. The molecular formula is C23H28N6O2. The second-order valence-electron chi connectivity index (χ2n) is 7.90. The van der Waals surface area contributed by atoms with Crippen molar-refractivity contribution in [1.82, 2.24) is 24.7 Å². The van der Waals surface area contributed by atoms with Crippen LogP contribution in [0.2, 0.25) is 0 Å². The lowest BCUT2D eigenvalue weighted by Gasteiger charge is -2.16. The Hall–Kier alpha value is -3.42. The van der Waals surface area contributed by atoms with Crippen LogP contribution in [-0.2, 0) is 0 Å². The Morgan fingerprint density at radius 1 is 1.03 bits per heavy atom. The number of aromatic nitrogens is 5. The van der Waals surface area contributed by atoms with E-state index < -0.39 is 0 Å². The first-order chi connectivity index (χ1) is 14.8. The van der Waals surface area contributed by atoms with Crippen LogP contribution in [0.15, 0.2) is 22.7 Å². The maximum atomic E-state index is 5.44. The van der Waals surface area contributed by atoms with Gasteiger partial charge in [-0.25, -0.2) is 4.98 Å². The minimum Gasteiger partial charge on any atom is -0.497 e. The molecule has 1 atom stereocenters. The monoisotopic (exact) mass is 420 g/mol. The summed E-state index contributed by atoms with van der Waals surface area (Å²) in [7, 11) is 1.69. The summed E-state index contributed by atoms with van der Waals surface area (Å²) in [5.74, 6) is 2.87. The molecule has 0 radical (unpaired) electrons. The highest BCUT2D eigenvalue weighted by Crippen LogP contribution is 2.36. The third kappa shape index (κ3) is 3.73. The predicted molar refractivity (Wildman–Crippen MR) is 120 cm³/mol. The van der Waals surface area contributed by atoms with E-state index in [0.717, 1.165) is 57.3 Å². The summed E-state index contributed by atoms with van der Waals surface area (Å²) in [5, 5.41) is 12.3. The quantitative estimate of drug-likeness (QED) is 0.475. The van der Waals surface area contributed by atoms with Crippen LogP contribution < -0.4 is 10.1 Å². The Bertz CT molecular complexity index is 1230. The second kappa shape index (κ2) is 8.02. The van der Waals surface area contributed by atoms with Gasteiger partial charge in [0, 0.05) is 11.8 Å². The number of nitrogens with zero attached hydrogens (tertiary/aromatic N) is 5. The minimum atomic E-state index is -0.122. The average molecular weight is 421 g/mol. The van der Waals surface area contributed by atoms with E-state index in [1.165, 1.54) is 0 Å². The summed E-state index contributed by atoms with van der Waals surface area (Å²) in [5.41, 5.74) is 7.05. The van der Waals surface area contributed by atoms with Crippen molar-refractivity contribution >= 4 is 11.5 Å². The van der Waals surface area contributed by atoms with Crippen LogP contribution in [-0.4, -0.2) is 31.8 Å². The lowest BCUT2D eigenvalue weighted by molar-refractivity contribution is 0.356. The zero-order valence-electron chi connectivity index (χ0n) is 19.1. The molecule has 8 nitrogen and oxygen atoms in total. The first-order valence-corrected chi connectivity index (χ1v) is 10.4. The van der Waals surface area contributed by atoms with Crippen LogP contribution in [0.5, 0.6) is 5.75 Å². The molecule has 0 saturated carbocycles. The molecule has 0 spiro atoms. The molecule has 4 rings (SSSR count). The lowest BCUT2D eigenvalue weighted by Crippen LogP contribution is -2.14. The topological polar surface area (TPSA) is 90.4 Å². The molecule has 0 aliphatic heterocycles. The molecule has 0 fully saturated rings. The number of benzene rings is 1. The van der Waals surface area contributed by atoms with Gasteiger partial charge in [-0.1, -0.05) is 12.1 Å². The number of ether oxygens (including phenoxy) is 1. The minimum absolute atomic E-state index is 0.122. The van der Waals surface area contributed by atoms with Crippen molar-refractivity contribution in [2.45, 2.75) is 54.0 Å². The molecule has 0 aliphatic carbocycles. The lowest BCUT2D eigenvalue weighted by atomic mass is 9.95. The maximum absolute atomic E-state index is 5.44. The predicted octanol–water partition coefficient (Wildman–Crippen LogP) is 4.89. The van der Waals surface area contributed by atoms with Crippen molar-refractivity contribution in [3.05, 3.63) is 52.4 Å². The molecule has 0 saturated heterocycles. The Balaban J connectivity index is 1.87. The number of anilines is 1. The molecule has 162 valence electrons.